The third-order valence-electron chi connectivity index (χ3n) is 7.42. The van der Waals surface area contributed by atoms with Gasteiger partial charge in [0.05, 0.1) is 48.5 Å². The molecule has 1 aliphatic rings. The molecule has 1 unspecified atom stereocenters. The average molecular weight is 649 g/mol. The highest BCUT2D eigenvalue weighted by Crippen LogP contribution is 2.51. The van der Waals surface area contributed by atoms with E-state index >= 15 is 0 Å². The molecule has 0 N–H and O–H groups in total. The van der Waals surface area contributed by atoms with Crippen LogP contribution in [-0.2, 0) is 60.1 Å². The lowest BCUT2D eigenvalue weighted by Crippen LogP contribution is -2.56. The molecule has 0 aliphatic carbocycles. The predicted octanol–water partition coefficient (Wildman–Crippen LogP) is 6.90. The van der Waals surface area contributed by atoms with Crippen molar-refractivity contribution in [1.29, 1.82) is 0 Å². The number of benzene rings is 2. The molecule has 0 saturated carbocycles. The topological polar surface area (TPSA) is 116 Å². The van der Waals surface area contributed by atoms with E-state index < -0.39 is 62.3 Å². The maximum absolute atomic E-state index is 14.2. The Bertz CT molecular complexity index is 1220. The Morgan fingerprint density at radius 3 is 1.56 bits per heavy atom. The number of esters is 2. The van der Waals surface area contributed by atoms with Gasteiger partial charge in [0.15, 0.2) is 0 Å². The van der Waals surface area contributed by atoms with Gasteiger partial charge in [-0.05, 0) is 59.6 Å². The van der Waals surface area contributed by atoms with Gasteiger partial charge in [0.25, 0.3) is 0 Å². The Kier molecular flexibility index (Phi) is 13.4. The summed E-state index contributed by atoms with van der Waals surface area (Å²) < 4.78 is 55.3. The zero-order valence-corrected chi connectivity index (χ0v) is 28.6. The molecule has 250 valence electrons. The standard InChI is InChI=1S/C34H49O10P/c1-24-25(2)44-28(21-45(37,42-22-40-31(35)33(3,4)5)43-23-41-32(36)34(6,7)8)30(39-20-27-17-13-10-14-18-27)29(24)38-19-26-15-11-9-12-16-26/h9-18,24-25,28-30H,19-23H2,1-8H3/t24-,25+,28-,29?,30-/m1/s1. The average Bonchev–Trinajstić information content (AvgIpc) is 2.97. The van der Waals surface area contributed by atoms with Crippen LogP contribution in [0.15, 0.2) is 60.7 Å². The molecule has 1 saturated heterocycles. The molecule has 0 spiro atoms. The number of hydrogen-bond acceptors (Lipinski definition) is 10. The highest BCUT2D eigenvalue weighted by Gasteiger charge is 2.47. The fourth-order valence-corrected chi connectivity index (χ4v) is 5.95. The first-order valence-electron chi connectivity index (χ1n) is 15.3. The zero-order valence-electron chi connectivity index (χ0n) is 27.7. The molecule has 2 aromatic rings. The molecule has 1 fully saturated rings. The Labute approximate surface area is 267 Å². The molecule has 2 aromatic carbocycles. The molecule has 0 aromatic heterocycles. The second-order valence-corrected chi connectivity index (χ2v) is 15.5. The van der Waals surface area contributed by atoms with Gasteiger partial charge in [0.1, 0.15) is 6.10 Å². The monoisotopic (exact) mass is 648 g/mol. The summed E-state index contributed by atoms with van der Waals surface area (Å²) in [5.41, 5.74) is 0.353. The van der Waals surface area contributed by atoms with Crippen LogP contribution in [0, 0.1) is 16.7 Å². The van der Waals surface area contributed by atoms with Crippen molar-refractivity contribution in [1.82, 2.24) is 0 Å². The van der Waals surface area contributed by atoms with Crippen molar-refractivity contribution in [3.8, 4) is 0 Å². The van der Waals surface area contributed by atoms with Gasteiger partial charge in [-0.1, -0.05) is 67.6 Å². The summed E-state index contributed by atoms with van der Waals surface area (Å²) in [4.78, 5) is 24.7. The summed E-state index contributed by atoms with van der Waals surface area (Å²) in [5.74, 6) is -1.15. The van der Waals surface area contributed by atoms with Crippen LogP contribution in [0.1, 0.15) is 66.5 Å². The molecule has 11 heteroatoms. The molecule has 1 heterocycles. The lowest BCUT2D eigenvalue weighted by molar-refractivity contribution is -0.223. The van der Waals surface area contributed by atoms with Crippen LogP contribution in [-0.4, -0.2) is 56.1 Å². The van der Waals surface area contributed by atoms with Gasteiger partial charge in [0, 0.05) is 5.92 Å². The summed E-state index contributed by atoms with van der Waals surface area (Å²) in [6.07, 6.45) is -2.47. The molecular formula is C34H49O10P. The third-order valence-corrected chi connectivity index (χ3v) is 9.22. The third kappa shape index (κ3) is 11.6. The Morgan fingerprint density at radius 1 is 0.711 bits per heavy atom. The number of rotatable bonds is 14. The zero-order chi connectivity index (χ0) is 33.3. The van der Waals surface area contributed by atoms with E-state index in [0.717, 1.165) is 11.1 Å². The first-order chi connectivity index (χ1) is 21.1. The largest absolute Gasteiger partial charge is 0.438 e. The molecule has 45 heavy (non-hydrogen) atoms. The highest BCUT2D eigenvalue weighted by atomic mass is 31.2. The Morgan fingerprint density at radius 2 is 1.13 bits per heavy atom. The Balaban J connectivity index is 1.86. The van der Waals surface area contributed by atoms with Crippen LogP contribution in [0.25, 0.3) is 0 Å². The SMILES string of the molecule is C[C@@H]1O[C@H](CP(=O)(OCOC(=O)C(C)(C)C)OCOC(=O)C(C)(C)C)[C@@H](OCc2ccccc2)C(OCc2ccccc2)[C@@H]1C. The molecule has 1 aliphatic heterocycles. The molecule has 5 atom stereocenters. The Hall–Kier alpha value is -2.59. The van der Waals surface area contributed by atoms with Crippen LogP contribution in [0.2, 0.25) is 0 Å². The van der Waals surface area contributed by atoms with E-state index in [2.05, 4.69) is 0 Å². The lowest BCUT2D eigenvalue weighted by atomic mass is 9.88. The second-order valence-electron chi connectivity index (χ2n) is 13.4. The van der Waals surface area contributed by atoms with E-state index in [1.165, 1.54) is 0 Å². The fourth-order valence-electron chi connectivity index (χ4n) is 4.50. The summed E-state index contributed by atoms with van der Waals surface area (Å²) >= 11 is 0. The van der Waals surface area contributed by atoms with E-state index in [4.69, 9.17) is 32.7 Å². The van der Waals surface area contributed by atoms with Crippen LogP contribution >= 0.6 is 7.60 Å². The summed E-state index contributed by atoms with van der Waals surface area (Å²) in [7, 11) is -4.10. The van der Waals surface area contributed by atoms with Crippen molar-refractivity contribution in [2.75, 3.05) is 19.7 Å². The van der Waals surface area contributed by atoms with E-state index in [-0.39, 0.29) is 24.8 Å². The maximum atomic E-state index is 14.2. The molecule has 0 bridgehead atoms. The highest BCUT2D eigenvalue weighted by molar-refractivity contribution is 7.53. The van der Waals surface area contributed by atoms with Gasteiger partial charge >= 0.3 is 19.5 Å². The smallest absolute Gasteiger partial charge is 0.339 e. The summed E-state index contributed by atoms with van der Waals surface area (Å²) in [6, 6.07) is 19.5. The minimum atomic E-state index is -4.10. The summed E-state index contributed by atoms with van der Waals surface area (Å²) in [6.45, 7) is 13.5. The normalized spacial score (nSPS) is 22.5. The quantitative estimate of drug-likeness (QED) is 0.122. The van der Waals surface area contributed by atoms with Crippen LogP contribution in [0.5, 0.6) is 0 Å². The minimum Gasteiger partial charge on any atom is -0.438 e. The molecule has 10 nitrogen and oxygen atoms in total. The van der Waals surface area contributed by atoms with Crippen molar-refractivity contribution < 1.29 is 46.9 Å². The maximum Gasteiger partial charge on any atom is 0.339 e. The van der Waals surface area contributed by atoms with Crippen LogP contribution in [0.3, 0.4) is 0 Å². The van der Waals surface area contributed by atoms with E-state index in [0.29, 0.717) is 6.61 Å². The molecule has 0 amide bonds. The van der Waals surface area contributed by atoms with Crippen molar-refractivity contribution in [2.24, 2.45) is 16.7 Å². The number of hydrogen-bond donors (Lipinski definition) is 0. The van der Waals surface area contributed by atoms with Gasteiger partial charge in [-0.2, -0.15) is 0 Å². The van der Waals surface area contributed by atoms with E-state index in [9.17, 15) is 14.2 Å². The van der Waals surface area contributed by atoms with E-state index in [1.54, 1.807) is 41.5 Å². The number of carbonyl (C=O) groups is 2. The lowest BCUT2D eigenvalue weighted by Gasteiger charge is -2.45. The van der Waals surface area contributed by atoms with Crippen LogP contribution in [0.4, 0.5) is 0 Å². The molecular weight excluding hydrogens is 599 g/mol. The second kappa shape index (κ2) is 16.3. The number of carbonyl (C=O) groups excluding carboxylic acids is 2. The first kappa shape index (κ1) is 36.9. The summed E-state index contributed by atoms with van der Waals surface area (Å²) in [5, 5.41) is 0. The van der Waals surface area contributed by atoms with Crippen molar-refractivity contribution in [2.45, 2.75) is 93.0 Å². The minimum absolute atomic E-state index is 0.0764. The van der Waals surface area contributed by atoms with Crippen molar-refractivity contribution >= 4 is 19.5 Å². The van der Waals surface area contributed by atoms with Gasteiger partial charge in [-0.25, -0.2) is 0 Å². The van der Waals surface area contributed by atoms with Crippen molar-refractivity contribution in [3.05, 3.63) is 71.8 Å². The van der Waals surface area contributed by atoms with Gasteiger partial charge in [-0.15, -0.1) is 0 Å². The first-order valence-corrected chi connectivity index (χ1v) is 17.0. The van der Waals surface area contributed by atoms with Crippen molar-refractivity contribution in [3.63, 3.8) is 0 Å². The molecule has 0 radical (unpaired) electrons. The van der Waals surface area contributed by atoms with Gasteiger partial charge in [-0.3, -0.25) is 23.2 Å². The predicted molar refractivity (Wildman–Crippen MR) is 169 cm³/mol. The number of ether oxygens (including phenoxy) is 5. The van der Waals surface area contributed by atoms with Crippen LogP contribution < -0.4 is 0 Å². The van der Waals surface area contributed by atoms with E-state index in [1.807, 2.05) is 74.5 Å². The fraction of sp³-hybridized carbons (Fsp3) is 0.588. The van der Waals surface area contributed by atoms with Gasteiger partial charge in [0.2, 0.25) is 13.6 Å². The van der Waals surface area contributed by atoms with Gasteiger partial charge < -0.3 is 23.7 Å². The molecule has 3 rings (SSSR count).